The van der Waals surface area contributed by atoms with E-state index in [1.807, 2.05) is 0 Å². The third-order valence-electron chi connectivity index (χ3n) is 3.64. The van der Waals surface area contributed by atoms with Gasteiger partial charge in [-0.05, 0) is 27.8 Å². The number of H-pyrrole nitrogens is 1. The molecule has 1 aromatic heterocycles. The lowest BCUT2D eigenvalue weighted by atomic mass is 10.0. The van der Waals surface area contributed by atoms with Gasteiger partial charge in [0, 0.05) is 11.6 Å². The molecule has 0 aliphatic carbocycles. The first kappa shape index (κ1) is 10.4. The second kappa shape index (κ2) is 3.99. The molecule has 0 bridgehead atoms. The number of aromatic nitrogens is 1. The van der Waals surface area contributed by atoms with E-state index in [9.17, 15) is 0 Å². The zero-order valence-corrected chi connectivity index (χ0v) is 10.4. The standard InChI is InChI=1S/C18H13N/c1-2-6-14-11-15(10-9-13(14)5-1)18-17-8-4-3-7-16(17)12-19-18/h1-12,19H. The van der Waals surface area contributed by atoms with Crippen LogP contribution in [0.15, 0.2) is 72.9 Å². The van der Waals surface area contributed by atoms with Crippen LogP contribution in [0.5, 0.6) is 0 Å². The highest BCUT2D eigenvalue weighted by Gasteiger charge is 2.05. The Labute approximate surface area is 111 Å². The Morgan fingerprint density at radius 3 is 2.26 bits per heavy atom. The molecule has 0 saturated heterocycles. The fourth-order valence-corrected chi connectivity index (χ4v) is 2.66. The third-order valence-corrected chi connectivity index (χ3v) is 3.64. The second-order valence-corrected chi connectivity index (χ2v) is 4.81. The van der Waals surface area contributed by atoms with Gasteiger partial charge in [-0.1, -0.05) is 60.7 Å². The van der Waals surface area contributed by atoms with Crippen molar-refractivity contribution >= 4 is 21.5 Å². The van der Waals surface area contributed by atoms with Crippen LogP contribution in [0.25, 0.3) is 32.8 Å². The van der Waals surface area contributed by atoms with Gasteiger partial charge in [0.15, 0.2) is 0 Å². The third kappa shape index (κ3) is 1.63. The van der Waals surface area contributed by atoms with Crippen LogP contribution < -0.4 is 0 Å². The summed E-state index contributed by atoms with van der Waals surface area (Å²) in [4.78, 5) is 3.39. The fraction of sp³-hybridized carbons (Fsp3) is 0. The maximum absolute atomic E-state index is 3.39. The molecule has 4 aromatic rings. The van der Waals surface area contributed by atoms with E-state index in [2.05, 4.69) is 77.9 Å². The Balaban J connectivity index is 1.99. The molecule has 0 fully saturated rings. The van der Waals surface area contributed by atoms with Gasteiger partial charge in [0.05, 0.1) is 5.69 Å². The van der Waals surface area contributed by atoms with Crippen molar-refractivity contribution in [3.63, 3.8) is 0 Å². The lowest BCUT2D eigenvalue weighted by molar-refractivity contribution is 1.42. The molecule has 1 heteroatoms. The van der Waals surface area contributed by atoms with Gasteiger partial charge < -0.3 is 4.98 Å². The highest BCUT2D eigenvalue weighted by Crippen LogP contribution is 2.29. The Morgan fingerprint density at radius 1 is 0.632 bits per heavy atom. The topological polar surface area (TPSA) is 15.8 Å². The summed E-state index contributed by atoms with van der Waals surface area (Å²) in [6.07, 6.45) is 2.07. The molecule has 0 unspecified atom stereocenters. The number of rotatable bonds is 1. The van der Waals surface area contributed by atoms with Crippen LogP contribution in [0.3, 0.4) is 0 Å². The number of benzene rings is 3. The molecule has 1 nitrogen and oxygen atoms in total. The van der Waals surface area contributed by atoms with Crippen molar-refractivity contribution in [2.45, 2.75) is 0 Å². The van der Waals surface area contributed by atoms with Crippen LogP contribution >= 0.6 is 0 Å². The first-order valence-electron chi connectivity index (χ1n) is 6.47. The lowest BCUT2D eigenvalue weighted by Gasteiger charge is -2.03. The summed E-state index contributed by atoms with van der Waals surface area (Å²) in [6, 6.07) is 23.5. The molecule has 0 aliphatic rings. The number of hydrogen-bond acceptors (Lipinski definition) is 0. The largest absolute Gasteiger partial charge is 0.360 e. The van der Waals surface area contributed by atoms with E-state index in [4.69, 9.17) is 0 Å². The van der Waals surface area contributed by atoms with E-state index in [0.717, 1.165) is 0 Å². The van der Waals surface area contributed by atoms with Gasteiger partial charge in [-0.2, -0.15) is 0 Å². The van der Waals surface area contributed by atoms with Crippen molar-refractivity contribution in [2.24, 2.45) is 0 Å². The summed E-state index contributed by atoms with van der Waals surface area (Å²) >= 11 is 0. The van der Waals surface area contributed by atoms with Crippen LogP contribution in [0.4, 0.5) is 0 Å². The van der Waals surface area contributed by atoms with E-state index in [0.29, 0.717) is 0 Å². The molecule has 0 aliphatic heterocycles. The molecule has 19 heavy (non-hydrogen) atoms. The molecule has 0 atom stereocenters. The van der Waals surface area contributed by atoms with Crippen molar-refractivity contribution in [1.82, 2.24) is 4.98 Å². The summed E-state index contributed by atoms with van der Waals surface area (Å²) in [6.45, 7) is 0. The zero-order chi connectivity index (χ0) is 12.7. The average molecular weight is 243 g/mol. The van der Waals surface area contributed by atoms with Gasteiger partial charge in [0.25, 0.3) is 0 Å². The number of aromatic amines is 1. The molecule has 1 N–H and O–H groups in total. The quantitative estimate of drug-likeness (QED) is 0.485. The molecule has 0 spiro atoms. The van der Waals surface area contributed by atoms with Gasteiger partial charge in [-0.25, -0.2) is 0 Å². The Kier molecular flexibility index (Phi) is 2.18. The molecule has 1 heterocycles. The number of nitrogens with one attached hydrogen (secondary N) is 1. The fourth-order valence-electron chi connectivity index (χ4n) is 2.66. The van der Waals surface area contributed by atoms with Crippen LogP contribution in [-0.4, -0.2) is 4.98 Å². The monoisotopic (exact) mass is 243 g/mol. The van der Waals surface area contributed by atoms with Gasteiger partial charge >= 0.3 is 0 Å². The average Bonchev–Trinajstić information content (AvgIpc) is 2.91. The molecule has 0 radical (unpaired) electrons. The van der Waals surface area contributed by atoms with Crippen molar-refractivity contribution in [1.29, 1.82) is 0 Å². The Morgan fingerprint density at radius 2 is 1.37 bits per heavy atom. The second-order valence-electron chi connectivity index (χ2n) is 4.81. The van der Waals surface area contributed by atoms with Gasteiger partial charge in [-0.15, -0.1) is 0 Å². The van der Waals surface area contributed by atoms with Crippen molar-refractivity contribution in [3.8, 4) is 11.3 Å². The minimum Gasteiger partial charge on any atom is -0.360 e. The molecule has 0 amide bonds. The summed E-state index contributed by atoms with van der Waals surface area (Å²) in [7, 11) is 0. The van der Waals surface area contributed by atoms with E-state index in [1.165, 1.54) is 32.8 Å². The van der Waals surface area contributed by atoms with E-state index in [1.54, 1.807) is 0 Å². The van der Waals surface area contributed by atoms with E-state index < -0.39 is 0 Å². The van der Waals surface area contributed by atoms with Crippen LogP contribution in [0.2, 0.25) is 0 Å². The zero-order valence-electron chi connectivity index (χ0n) is 10.4. The molecule has 90 valence electrons. The smallest absolute Gasteiger partial charge is 0.0533 e. The number of hydrogen-bond donors (Lipinski definition) is 1. The minimum atomic E-state index is 1.20. The van der Waals surface area contributed by atoms with Crippen molar-refractivity contribution in [3.05, 3.63) is 72.9 Å². The van der Waals surface area contributed by atoms with Gasteiger partial charge in [-0.3, -0.25) is 0 Å². The maximum Gasteiger partial charge on any atom is 0.0533 e. The Bertz CT molecular complexity index is 871. The predicted octanol–water partition coefficient (Wildman–Crippen LogP) is 4.99. The SMILES string of the molecule is c1ccc2cc(-c3[nH]cc4ccccc34)ccc2c1. The maximum atomic E-state index is 3.39. The summed E-state index contributed by atoms with van der Waals surface area (Å²) in [5.41, 5.74) is 2.43. The molecule has 4 rings (SSSR count). The Hall–Kier alpha value is -2.54. The summed E-state index contributed by atoms with van der Waals surface area (Å²) in [5.74, 6) is 0. The van der Waals surface area contributed by atoms with Gasteiger partial charge in [0.1, 0.15) is 0 Å². The van der Waals surface area contributed by atoms with E-state index in [-0.39, 0.29) is 0 Å². The molecular formula is C18H13N. The van der Waals surface area contributed by atoms with Crippen molar-refractivity contribution < 1.29 is 0 Å². The number of fused-ring (bicyclic) bond motifs is 2. The van der Waals surface area contributed by atoms with Gasteiger partial charge in [0.2, 0.25) is 0 Å². The summed E-state index contributed by atoms with van der Waals surface area (Å²) in [5, 5.41) is 5.09. The highest BCUT2D eigenvalue weighted by molar-refractivity contribution is 5.98. The van der Waals surface area contributed by atoms with E-state index >= 15 is 0 Å². The molecule has 3 aromatic carbocycles. The molecular weight excluding hydrogens is 230 g/mol. The lowest BCUT2D eigenvalue weighted by Crippen LogP contribution is -1.79. The molecule has 0 saturated carbocycles. The predicted molar refractivity (Wildman–Crippen MR) is 81.2 cm³/mol. The normalized spacial score (nSPS) is 11.2. The highest BCUT2D eigenvalue weighted by atomic mass is 14.7. The van der Waals surface area contributed by atoms with Crippen LogP contribution in [0.1, 0.15) is 0 Å². The van der Waals surface area contributed by atoms with Crippen LogP contribution in [-0.2, 0) is 0 Å². The first-order chi connectivity index (χ1) is 9.42. The van der Waals surface area contributed by atoms with Crippen molar-refractivity contribution in [2.75, 3.05) is 0 Å². The van der Waals surface area contributed by atoms with Crippen LogP contribution in [0, 0.1) is 0 Å². The first-order valence-corrected chi connectivity index (χ1v) is 6.47. The minimum absolute atomic E-state index is 1.20. The summed E-state index contributed by atoms with van der Waals surface area (Å²) < 4.78 is 0.